The Balaban J connectivity index is 1.49. The van der Waals surface area contributed by atoms with E-state index in [0.29, 0.717) is 13.1 Å². The molecule has 1 fully saturated rings. The topological polar surface area (TPSA) is 100 Å². The molecule has 2 amide bonds. The highest BCUT2D eigenvalue weighted by atomic mass is 16.5. The predicted molar refractivity (Wildman–Crippen MR) is 125 cm³/mol. The Kier molecular flexibility index (Phi) is 6.75. The van der Waals surface area contributed by atoms with Crippen molar-refractivity contribution in [1.29, 1.82) is 0 Å². The summed E-state index contributed by atoms with van der Waals surface area (Å²) in [5.74, 6) is 0.280. The average molecular weight is 435 g/mol. The first-order chi connectivity index (χ1) is 15.5. The Morgan fingerprint density at radius 2 is 2.00 bits per heavy atom. The van der Waals surface area contributed by atoms with Crippen molar-refractivity contribution in [1.82, 2.24) is 15.2 Å². The van der Waals surface area contributed by atoms with E-state index in [1.165, 1.54) is 0 Å². The summed E-state index contributed by atoms with van der Waals surface area (Å²) >= 11 is 0. The highest BCUT2D eigenvalue weighted by Crippen LogP contribution is 2.31. The van der Waals surface area contributed by atoms with Crippen LogP contribution < -0.4 is 15.8 Å². The van der Waals surface area contributed by atoms with Crippen LogP contribution in [0.1, 0.15) is 29.9 Å². The molecule has 1 aliphatic rings. The van der Waals surface area contributed by atoms with Crippen molar-refractivity contribution in [3.05, 3.63) is 65.9 Å². The van der Waals surface area contributed by atoms with Crippen molar-refractivity contribution in [2.75, 3.05) is 33.3 Å². The number of rotatable bonds is 8. The summed E-state index contributed by atoms with van der Waals surface area (Å²) in [5.41, 5.74) is 8.77. The summed E-state index contributed by atoms with van der Waals surface area (Å²) in [6, 6.07) is 16.1. The zero-order chi connectivity index (χ0) is 22.5. The van der Waals surface area contributed by atoms with Crippen LogP contribution in [-0.4, -0.2) is 55.0 Å². The number of primary amides is 1. The number of amides is 2. The van der Waals surface area contributed by atoms with Crippen LogP contribution in [0.5, 0.6) is 5.75 Å². The Morgan fingerprint density at radius 1 is 1.22 bits per heavy atom. The molecular formula is C25H30N4O3. The van der Waals surface area contributed by atoms with Crippen LogP contribution in [0.4, 0.5) is 0 Å². The molecule has 32 heavy (non-hydrogen) atoms. The van der Waals surface area contributed by atoms with Crippen molar-refractivity contribution < 1.29 is 14.3 Å². The normalized spacial score (nSPS) is 17.7. The van der Waals surface area contributed by atoms with Gasteiger partial charge in [-0.3, -0.25) is 14.5 Å². The summed E-state index contributed by atoms with van der Waals surface area (Å²) in [6.07, 6.45) is 3.70. The van der Waals surface area contributed by atoms with Crippen LogP contribution in [0.15, 0.2) is 54.7 Å². The fourth-order valence-electron chi connectivity index (χ4n) is 4.53. The zero-order valence-corrected chi connectivity index (χ0v) is 18.3. The van der Waals surface area contributed by atoms with E-state index in [0.717, 1.165) is 47.2 Å². The zero-order valence-electron chi connectivity index (χ0n) is 18.3. The second-order valence-electron chi connectivity index (χ2n) is 8.40. The van der Waals surface area contributed by atoms with Gasteiger partial charge in [0.05, 0.1) is 19.6 Å². The minimum absolute atomic E-state index is 0.0132. The molecule has 3 aromatic rings. The lowest BCUT2D eigenvalue weighted by atomic mass is 9.90. The number of nitrogens with two attached hydrogens (primary N) is 1. The Labute approximate surface area is 187 Å². The van der Waals surface area contributed by atoms with Crippen molar-refractivity contribution in [2.24, 2.45) is 11.7 Å². The van der Waals surface area contributed by atoms with Crippen LogP contribution in [0, 0.1) is 5.92 Å². The van der Waals surface area contributed by atoms with E-state index in [4.69, 9.17) is 10.5 Å². The molecule has 7 heteroatoms. The number of benzene rings is 2. The van der Waals surface area contributed by atoms with Crippen LogP contribution >= 0.6 is 0 Å². The van der Waals surface area contributed by atoms with Gasteiger partial charge in [0.2, 0.25) is 11.8 Å². The predicted octanol–water partition coefficient (Wildman–Crippen LogP) is 2.62. The number of aromatic nitrogens is 1. The molecule has 4 rings (SSSR count). The number of hydrogen-bond donors (Lipinski definition) is 3. The molecule has 2 heterocycles. The first-order valence-corrected chi connectivity index (χ1v) is 11.0. The van der Waals surface area contributed by atoms with Crippen LogP contribution in [0.3, 0.4) is 0 Å². The molecule has 2 atom stereocenters. The van der Waals surface area contributed by atoms with Gasteiger partial charge in [-0.15, -0.1) is 0 Å². The number of H-pyrrole nitrogens is 1. The van der Waals surface area contributed by atoms with Gasteiger partial charge >= 0.3 is 0 Å². The maximum atomic E-state index is 12.8. The second kappa shape index (κ2) is 9.87. The summed E-state index contributed by atoms with van der Waals surface area (Å²) in [7, 11) is 1.65. The third-order valence-corrected chi connectivity index (χ3v) is 6.29. The molecule has 7 nitrogen and oxygen atoms in total. The van der Waals surface area contributed by atoms with Gasteiger partial charge in [0.15, 0.2) is 0 Å². The van der Waals surface area contributed by atoms with Crippen molar-refractivity contribution >= 4 is 22.7 Å². The van der Waals surface area contributed by atoms with E-state index in [1.807, 2.05) is 53.6 Å². The first-order valence-electron chi connectivity index (χ1n) is 11.0. The highest BCUT2D eigenvalue weighted by Gasteiger charge is 2.26. The summed E-state index contributed by atoms with van der Waals surface area (Å²) < 4.78 is 5.30. The highest BCUT2D eigenvalue weighted by molar-refractivity contribution is 5.84. The number of likely N-dealkylation sites (tertiary alicyclic amines) is 1. The molecule has 168 valence electrons. The molecule has 0 spiro atoms. The third kappa shape index (κ3) is 4.94. The van der Waals surface area contributed by atoms with Gasteiger partial charge in [-0.25, -0.2) is 0 Å². The third-order valence-electron chi connectivity index (χ3n) is 6.29. The standard InChI is InChI=1S/C25H30N4O3/c1-32-19-10-8-17(9-11-19)21(22-14-27-23-7-3-2-6-20(22)23)13-28-24(30)16-29-12-4-5-18(15-29)25(26)31/h2-3,6-11,14,18,21,27H,4-5,12-13,15-16H2,1H3,(H2,26,31)(H,28,30)/t18-,21-/m1/s1. The molecule has 1 aromatic heterocycles. The van der Waals surface area contributed by atoms with Crippen LogP contribution in [0.2, 0.25) is 0 Å². The van der Waals surface area contributed by atoms with Gasteiger partial charge in [-0.1, -0.05) is 30.3 Å². The van der Waals surface area contributed by atoms with Gasteiger partial charge in [-0.05, 0) is 48.7 Å². The monoisotopic (exact) mass is 434 g/mol. The van der Waals surface area contributed by atoms with Gasteiger partial charge in [0, 0.05) is 36.1 Å². The van der Waals surface area contributed by atoms with E-state index in [2.05, 4.69) is 16.4 Å². The molecule has 0 saturated carbocycles. The SMILES string of the molecule is COc1ccc([C@@H](CNC(=O)CN2CCC[C@@H](C(N)=O)C2)c2c[nH]c3ccccc23)cc1. The van der Waals surface area contributed by atoms with E-state index in [1.54, 1.807) is 7.11 Å². The lowest BCUT2D eigenvalue weighted by Crippen LogP contribution is -2.46. The second-order valence-corrected chi connectivity index (χ2v) is 8.40. The Morgan fingerprint density at radius 3 is 2.75 bits per heavy atom. The van der Waals surface area contributed by atoms with Gasteiger partial charge in [-0.2, -0.15) is 0 Å². The number of nitrogens with zero attached hydrogens (tertiary/aromatic N) is 1. The number of para-hydroxylation sites is 1. The van der Waals surface area contributed by atoms with Crippen LogP contribution in [0.25, 0.3) is 10.9 Å². The molecule has 1 saturated heterocycles. The van der Waals surface area contributed by atoms with Gasteiger partial charge in [0.25, 0.3) is 0 Å². The molecule has 0 radical (unpaired) electrons. The first kappa shape index (κ1) is 21.9. The number of carbonyl (C=O) groups excluding carboxylic acids is 2. The Hall–Kier alpha value is -3.32. The lowest BCUT2D eigenvalue weighted by Gasteiger charge is -2.30. The van der Waals surface area contributed by atoms with E-state index in [9.17, 15) is 9.59 Å². The minimum Gasteiger partial charge on any atom is -0.497 e. The number of piperidine rings is 1. The molecular weight excluding hydrogens is 404 g/mol. The van der Waals surface area contributed by atoms with Gasteiger partial charge < -0.3 is 20.8 Å². The van der Waals surface area contributed by atoms with E-state index < -0.39 is 0 Å². The molecule has 0 aliphatic carbocycles. The van der Waals surface area contributed by atoms with E-state index >= 15 is 0 Å². The number of nitrogens with one attached hydrogen (secondary N) is 2. The number of ether oxygens (including phenoxy) is 1. The smallest absolute Gasteiger partial charge is 0.234 e. The number of hydrogen-bond acceptors (Lipinski definition) is 4. The Bertz CT molecular complexity index is 1080. The molecule has 2 aromatic carbocycles. The minimum atomic E-state index is -0.283. The maximum Gasteiger partial charge on any atom is 0.234 e. The van der Waals surface area contributed by atoms with Crippen molar-refractivity contribution in [3.63, 3.8) is 0 Å². The number of fused-ring (bicyclic) bond motifs is 1. The molecule has 4 N–H and O–H groups in total. The molecule has 1 aliphatic heterocycles. The summed E-state index contributed by atoms with van der Waals surface area (Å²) in [6.45, 7) is 2.10. The fourth-order valence-corrected chi connectivity index (χ4v) is 4.53. The maximum absolute atomic E-state index is 12.8. The van der Waals surface area contributed by atoms with Crippen molar-refractivity contribution in [3.8, 4) is 5.75 Å². The fraction of sp³-hybridized carbons (Fsp3) is 0.360. The number of aromatic amines is 1. The number of methoxy groups -OCH3 is 1. The molecule has 0 bridgehead atoms. The summed E-state index contributed by atoms with van der Waals surface area (Å²) in [5, 5.41) is 4.25. The lowest BCUT2D eigenvalue weighted by molar-refractivity contribution is -0.126. The molecule has 0 unspecified atom stereocenters. The van der Waals surface area contributed by atoms with Crippen molar-refractivity contribution in [2.45, 2.75) is 18.8 Å². The quantitative estimate of drug-likeness (QED) is 0.507. The number of carbonyl (C=O) groups is 2. The van der Waals surface area contributed by atoms with Crippen LogP contribution in [-0.2, 0) is 9.59 Å². The summed E-state index contributed by atoms with van der Waals surface area (Å²) in [4.78, 5) is 29.6. The van der Waals surface area contributed by atoms with E-state index in [-0.39, 0.29) is 30.2 Å². The largest absolute Gasteiger partial charge is 0.497 e. The average Bonchev–Trinajstić information content (AvgIpc) is 3.24. The van der Waals surface area contributed by atoms with Gasteiger partial charge in [0.1, 0.15) is 5.75 Å².